The Morgan fingerprint density at radius 1 is 1.22 bits per heavy atom. The van der Waals surface area contributed by atoms with E-state index >= 15 is 0 Å². The van der Waals surface area contributed by atoms with Gasteiger partial charge in [0, 0.05) is 24.5 Å². The summed E-state index contributed by atoms with van der Waals surface area (Å²) in [6.45, 7) is 0. The second kappa shape index (κ2) is 6.36. The van der Waals surface area contributed by atoms with Crippen molar-refractivity contribution in [3.8, 4) is 0 Å². The Bertz CT molecular complexity index is 683. The highest BCUT2D eigenvalue weighted by atomic mass is 19.1. The Morgan fingerprint density at radius 2 is 1.91 bits per heavy atom. The maximum Gasteiger partial charge on any atom is 0.337 e. The van der Waals surface area contributed by atoms with Crippen LogP contribution in [0.4, 0.5) is 8.78 Å². The Hall–Kier alpha value is -2.44. The van der Waals surface area contributed by atoms with Crippen LogP contribution in [0.3, 0.4) is 0 Å². The summed E-state index contributed by atoms with van der Waals surface area (Å²) in [5, 5.41) is 9.89. The molecule has 0 saturated heterocycles. The molecule has 0 radical (unpaired) electrons. The van der Waals surface area contributed by atoms with Gasteiger partial charge in [0.2, 0.25) is 0 Å². The summed E-state index contributed by atoms with van der Waals surface area (Å²) < 4.78 is 36.8. The van der Waals surface area contributed by atoms with E-state index in [0.29, 0.717) is 6.07 Å². The molecule has 0 aliphatic heterocycles. The molecule has 1 aromatic carbocycles. The van der Waals surface area contributed by atoms with Gasteiger partial charge in [0.15, 0.2) is 0 Å². The fourth-order valence-electron chi connectivity index (χ4n) is 2.88. The van der Waals surface area contributed by atoms with E-state index in [9.17, 15) is 23.5 Å². The molecule has 124 valence electrons. The molecule has 1 aliphatic carbocycles. The average molecular weight is 326 g/mol. The van der Waals surface area contributed by atoms with Crippen molar-refractivity contribution in [3.63, 3.8) is 0 Å². The van der Waals surface area contributed by atoms with Crippen molar-refractivity contribution in [3.05, 3.63) is 46.7 Å². The second-order valence-electron chi connectivity index (χ2n) is 5.29. The number of aliphatic hydroxyl groups is 1. The van der Waals surface area contributed by atoms with Crippen molar-refractivity contribution < 1.29 is 33.0 Å². The third kappa shape index (κ3) is 2.91. The van der Waals surface area contributed by atoms with Crippen molar-refractivity contribution in [2.45, 2.75) is 24.7 Å². The van der Waals surface area contributed by atoms with E-state index in [1.165, 1.54) is 0 Å². The van der Waals surface area contributed by atoms with Gasteiger partial charge >= 0.3 is 11.9 Å². The molecular formula is C16H16F2O5. The lowest BCUT2D eigenvalue weighted by molar-refractivity contribution is -0.148. The van der Waals surface area contributed by atoms with Crippen molar-refractivity contribution >= 4 is 11.9 Å². The minimum atomic E-state index is -1.53. The molecule has 0 fully saturated rings. The zero-order valence-corrected chi connectivity index (χ0v) is 12.7. The molecule has 7 heteroatoms. The van der Waals surface area contributed by atoms with Gasteiger partial charge in [-0.05, 0) is 12.5 Å². The third-order valence-corrected chi connectivity index (χ3v) is 4.07. The van der Waals surface area contributed by atoms with Crippen LogP contribution < -0.4 is 0 Å². The lowest BCUT2D eigenvalue weighted by atomic mass is 9.68. The predicted molar refractivity (Wildman–Crippen MR) is 75.6 cm³/mol. The summed E-state index contributed by atoms with van der Waals surface area (Å²) in [5.41, 5.74) is -1.73. The topological polar surface area (TPSA) is 72.8 Å². The normalized spacial score (nSPS) is 21.0. The van der Waals surface area contributed by atoms with Crippen LogP contribution in [-0.2, 0) is 24.5 Å². The largest absolute Gasteiger partial charge is 0.512 e. The van der Waals surface area contributed by atoms with Crippen LogP contribution in [0.5, 0.6) is 0 Å². The SMILES string of the molecule is COC(=O)C1=C(O)CCC(C(=O)OC)(c2ccc(F)cc2F)C1. The summed E-state index contributed by atoms with van der Waals surface area (Å²) in [4.78, 5) is 24.2. The quantitative estimate of drug-likeness (QED) is 0.864. The standard InChI is InChI=1S/C16H16F2O5/c1-22-14(20)10-8-16(15(21)23-2,6-5-13(10)19)11-4-3-9(17)7-12(11)18/h3-4,7,19H,5-6,8H2,1-2H3. The molecular weight excluding hydrogens is 310 g/mol. The first-order chi connectivity index (χ1) is 10.9. The van der Waals surface area contributed by atoms with Gasteiger partial charge in [-0.3, -0.25) is 4.79 Å². The Balaban J connectivity index is 2.59. The molecule has 0 amide bonds. The van der Waals surface area contributed by atoms with Gasteiger partial charge in [-0.25, -0.2) is 13.6 Å². The van der Waals surface area contributed by atoms with E-state index in [-0.39, 0.29) is 36.2 Å². The van der Waals surface area contributed by atoms with E-state index in [1.807, 2.05) is 0 Å². The molecule has 0 saturated carbocycles. The number of allylic oxidation sites excluding steroid dienone is 1. The Morgan fingerprint density at radius 3 is 2.48 bits per heavy atom. The van der Waals surface area contributed by atoms with Crippen molar-refractivity contribution in [1.29, 1.82) is 0 Å². The molecule has 1 N–H and O–H groups in total. The molecule has 0 spiro atoms. The van der Waals surface area contributed by atoms with Gasteiger partial charge in [-0.15, -0.1) is 0 Å². The molecule has 1 aromatic rings. The van der Waals surface area contributed by atoms with Crippen LogP contribution in [0.25, 0.3) is 0 Å². The molecule has 2 rings (SSSR count). The molecule has 23 heavy (non-hydrogen) atoms. The van der Waals surface area contributed by atoms with Crippen LogP contribution in [-0.4, -0.2) is 31.3 Å². The highest BCUT2D eigenvalue weighted by Crippen LogP contribution is 2.43. The van der Waals surface area contributed by atoms with Gasteiger partial charge < -0.3 is 14.6 Å². The van der Waals surface area contributed by atoms with E-state index in [2.05, 4.69) is 4.74 Å². The fraction of sp³-hybridized carbons (Fsp3) is 0.375. The van der Waals surface area contributed by atoms with Crippen LogP contribution in [0.2, 0.25) is 0 Å². The van der Waals surface area contributed by atoms with Gasteiger partial charge in [0.1, 0.15) is 22.8 Å². The number of hydrogen-bond acceptors (Lipinski definition) is 5. The number of ether oxygens (including phenoxy) is 2. The second-order valence-corrected chi connectivity index (χ2v) is 5.29. The molecule has 1 atom stereocenters. The molecule has 0 bridgehead atoms. The number of carbonyl (C=O) groups is 2. The van der Waals surface area contributed by atoms with Crippen LogP contribution in [0.1, 0.15) is 24.8 Å². The smallest absolute Gasteiger partial charge is 0.337 e. The highest BCUT2D eigenvalue weighted by Gasteiger charge is 2.48. The first-order valence-corrected chi connectivity index (χ1v) is 6.89. The van der Waals surface area contributed by atoms with E-state index < -0.39 is 29.0 Å². The summed E-state index contributed by atoms with van der Waals surface area (Å²) in [6, 6.07) is 2.84. The number of aliphatic hydroxyl groups excluding tert-OH is 1. The summed E-state index contributed by atoms with van der Waals surface area (Å²) in [7, 11) is 2.27. The number of hydrogen-bond donors (Lipinski definition) is 1. The number of esters is 2. The molecule has 1 aliphatic rings. The van der Waals surface area contributed by atoms with Crippen LogP contribution in [0.15, 0.2) is 29.5 Å². The summed E-state index contributed by atoms with van der Waals surface area (Å²) in [5.74, 6) is -3.48. The molecule has 0 aromatic heterocycles. The third-order valence-electron chi connectivity index (χ3n) is 4.07. The van der Waals surface area contributed by atoms with Crippen LogP contribution >= 0.6 is 0 Å². The number of rotatable bonds is 3. The van der Waals surface area contributed by atoms with Crippen molar-refractivity contribution in [1.82, 2.24) is 0 Å². The van der Waals surface area contributed by atoms with Crippen molar-refractivity contribution in [2.75, 3.05) is 14.2 Å². The number of benzene rings is 1. The Kier molecular flexibility index (Phi) is 4.68. The average Bonchev–Trinajstić information content (AvgIpc) is 2.54. The first-order valence-electron chi connectivity index (χ1n) is 6.89. The number of halogens is 2. The van der Waals surface area contributed by atoms with E-state index in [4.69, 9.17) is 4.74 Å². The lowest BCUT2D eigenvalue weighted by Crippen LogP contribution is -2.41. The zero-order valence-electron chi connectivity index (χ0n) is 12.7. The number of carbonyl (C=O) groups excluding carboxylic acids is 2. The maximum atomic E-state index is 14.2. The highest BCUT2D eigenvalue weighted by molar-refractivity contribution is 5.93. The minimum Gasteiger partial charge on any atom is -0.512 e. The van der Waals surface area contributed by atoms with E-state index in [0.717, 1.165) is 26.4 Å². The monoisotopic (exact) mass is 326 g/mol. The fourth-order valence-corrected chi connectivity index (χ4v) is 2.88. The van der Waals surface area contributed by atoms with Gasteiger partial charge in [0.25, 0.3) is 0 Å². The maximum absolute atomic E-state index is 14.2. The Labute approximate surface area is 131 Å². The first kappa shape index (κ1) is 16.9. The minimum absolute atomic E-state index is 0.0224. The molecule has 5 nitrogen and oxygen atoms in total. The molecule has 1 unspecified atom stereocenters. The predicted octanol–water partition coefficient (Wildman–Crippen LogP) is 2.54. The van der Waals surface area contributed by atoms with Gasteiger partial charge in [-0.1, -0.05) is 6.07 Å². The van der Waals surface area contributed by atoms with Gasteiger partial charge in [-0.2, -0.15) is 0 Å². The van der Waals surface area contributed by atoms with Crippen LogP contribution in [0, 0.1) is 11.6 Å². The van der Waals surface area contributed by atoms with Crippen molar-refractivity contribution in [2.24, 2.45) is 0 Å². The summed E-state index contributed by atoms with van der Waals surface area (Å²) in [6.07, 6.45) is -0.300. The molecule has 0 heterocycles. The summed E-state index contributed by atoms with van der Waals surface area (Å²) >= 11 is 0. The van der Waals surface area contributed by atoms with Gasteiger partial charge in [0.05, 0.1) is 19.8 Å². The van der Waals surface area contributed by atoms with E-state index in [1.54, 1.807) is 0 Å². The number of methoxy groups -OCH3 is 2. The lowest BCUT2D eigenvalue weighted by Gasteiger charge is -2.35. The zero-order chi connectivity index (χ0) is 17.2.